The highest BCUT2D eigenvalue weighted by atomic mass is 19.4. The number of halogens is 6. The number of carboxylic acids is 1. The van der Waals surface area contributed by atoms with Crippen molar-refractivity contribution >= 4 is 16.9 Å². The maximum absolute atomic E-state index is 13.3. The highest BCUT2D eigenvalue weighted by Gasteiger charge is 2.71. The van der Waals surface area contributed by atoms with Gasteiger partial charge in [-0.1, -0.05) is 6.07 Å². The van der Waals surface area contributed by atoms with Crippen LogP contribution in [0.5, 0.6) is 0 Å². The van der Waals surface area contributed by atoms with Crippen molar-refractivity contribution in [1.82, 2.24) is 9.55 Å². The van der Waals surface area contributed by atoms with Crippen molar-refractivity contribution in [3.05, 3.63) is 76.8 Å². The van der Waals surface area contributed by atoms with Crippen LogP contribution >= 0.6 is 0 Å². The Morgan fingerprint density at radius 3 is 2.14 bits per heavy atom. The number of carbonyl (C=O) groups is 1. The minimum Gasteiger partial charge on any atom is -0.478 e. The lowest BCUT2D eigenvalue weighted by atomic mass is 9.91. The molecule has 2 aromatic heterocycles. The highest BCUT2D eigenvalue weighted by Crippen LogP contribution is 2.50. The molecular formula is C24H18F6N2O4. The molecule has 6 nitrogen and oxygen atoms in total. The van der Waals surface area contributed by atoms with E-state index in [4.69, 9.17) is 9.52 Å². The van der Waals surface area contributed by atoms with Crippen LogP contribution in [-0.4, -0.2) is 38.1 Å². The smallest absolute Gasteiger partial charge is 0.430 e. The Morgan fingerprint density at radius 1 is 0.972 bits per heavy atom. The van der Waals surface area contributed by atoms with E-state index in [1.807, 2.05) is 0 Å². The number of hydrogen-bond acceptors (Lipinski definition) is 4. The van der Waals surface area contributed by atoms with E-state index in [9.17, 15) is 36.2 Å². The summed E-state index contributed by atoms with van der Waals surface area (Å²) in [5.74, 6) is -0.446. The first kappa shape index (κ1) is 25.3. The van der Waals surface area contributed by atoms with E-state index < -0.39 is 29.5 Å². The number of alkyl halides is 6. The maximum atomic E-state index is 13.3. The van der Waals surface area contributed by atoms with Gasteiger partial charge in [-0.2, -0.15) is 26.3 Å². The zero-order valence-corrected chi connectivity index (χ0v) is 18.7. The third-order valence-corrected chi connectivity index (χ3v) is 5.93. The molecule has 0 spiro atoms. The number of carboxylic acid groups (broad SMARTS) is 1. The molecule has 0 saturated heterocycles. The molecule has 0 amide bonds. The van der Waals surface area contributed by atoms with Gasteiger partial charge in [0, 0.05) is 27.7 Å². The minimum absolute atomic E-state index is 0.0718. The summed E-state index contributed by atoms with van der Waals surface area (Å²) in [6, 6.07) is 9.60. The molecule has 12 heteroatoms. The molecule has 0 aliphatic heterocycles. The number of aromatic carboxylic acids is 1. The second kappa shape index (κ2) is 8.40. The van der Waals surface area contributed by atoms with Crippen LogP contribution in [0.1, 0.15) is 33.1 Å². The fourth-order valence-corrected chi connectivity index (χ4v) is 3.94. The first-order chi connectivity index (χ1) is 16.6. The van der Waals surface area contributed by atoms with Gasteiger partial charge < -0.3 is 19.2 Å². The predicted octanol–water partition coefficient (Wildman–Crippen LogP) is 5.97. The van der Waals surface area contributed by atoms with Crippen molar-refractivity contribution in [2.45, 2.75) is 38.3 Å². The summed E-state index contributed by atoms with van der Waals surface area (Å²) in [6.07, 6.45) is -12.0. The van der Waals surface area contributed by atoms with E-state index in [2.05, 4.69) is 4.98 Å². The molecule has 4 aromatic rings. The van der Waals surface area contributed by atoms with E-state index in [-0.39, 0.29) is 23.4 Å². The van der Waals surface area contributed by atoms with Gasteiger partial charge in [-0.3, -0.25) is 0 Å². The number of hydrogen-bond donors (Lipinski definition) is 2. The molecule has 0 aliphatic carbocycles. The minimum atomic E-state index is -5.98. The second-order valence-electron chi connectivity index (χ2n) is 8.26. The first-order valence-electron chi connectivity index (χ1n) is 10.4. The number of rotatable bonds is 5. The van der Waals surface area contributed by atoms with Gasteiger partial charge in [-0.15, -0.1) is 0 Å². The van der Waals surface area contributed by atoms with Crippen molar-refractivity contribution in [3.63, 3.8) is 0 Å². The van der Waals surface area contributed by atoms with Gasteiger partial charge in [-0.05, 0) is 56.3 Å². The number of aryl methyl sites for hydroxylation is 2. The summed E-state index contributed by atoms with van der Waals surface area (Å²) in [6.45, 7) is 3.36. The maximum Gasteiger partial charge on any atom is 0.430 e. The van der Waals surface area contributed by atoms with Crippen molar-refractivity contribution in [2.24, 2.45) is 0 Å². The molecule has 190 valence electrons. The largest absolute Gasteiger partial charge is 0.478 e. The Hall–Kier alpha value is -3.80. The topological polar surface area (TPSA) is 88.5 Å². The van der Waals surface area contributed by atoms with Crippen molar-refractivity contribution in [1.29, 1.82) is 0 Å². The molecule has 0 unspecified atom stereocenters. The highest BCUT2D eigenvalue weighted by molar-refractivity contribution is 5.88. The zero-order chi connectivity index (χ0) is 26.6. The summed E-state index contributed by atoms with van der Waals surface area (Å²) in [4.78, 5) is 15.5. The van der Waals surface area contributed by atoms with Gasteiger partial charge in [0.15, 0.2) is 0 Å². The molecule has 4 rings (SSSR count). The van der Waals surface area contributed by atoms with E-state index in [0.29, 0.717) is 40.4 Å². The molecule has 2 aromatic carbocycles. The van der Waals surface area contributed by atoms with Crippen LogP contribution in [0.4, 0.5) is 26.3 Å². The number of aliphatic hydroxyl groups is 1. The summed E-state index contributed by atoms with van der Waals surface area (Å²) >= 11 is 0. The molecule has 0 aliphatic rings. The quantitative estimate of drug-likeness (QED) is 0.322. The Kier molecular flexibility index (Phi) is 5.90. The molecular weight excluding hydrogens is 494 g/mol. The summed E-state index contributed by atoms with van der Waals surface area (Å²) in [5.41, 5.74) is -4.43. The molecule has 0 radical (unpaired) electrons. The second-order valence-corrected chi connectivity index (χ2v) is 8.26. The van der Waals surface area contributed by atoms with Crippen LogP contribution in [0.25, 0.3) is 22.4 Å². The lowest BCUT2D eigenvalue weighted by molar-refractivity contribution is -0.376. The lowest BCUT2D eigenvalue weighted by Gasteiger charge is -2.32. The monoisotopic (exact) mass is 512 g/mol. The number of oxazole rings is 1. The molecule has 2 heterocycles. The number of fused-ring (bicyclic) bond motifs is 1. The average molecular weight is 512 g/mol. The van der Waals surface area contributed by atoms with Crippen LogP contribution in [-0.2, 0) is 12.1 Å². The van der Waals surface area contributed by atoms with Crippen LogP contribution in [0.15, 0.2) is 52.9 Å². The molecule has 0 bridgehead atoms. The third-order valence-electron chi connectivity index (χ3n) is 5.93. The van der Waals surface area contributed by atoms with Crippen molar-refractivity contribution in [2.75, 3.05) is 0 Å². The number of benzene rings is 2. The lowest BCUT2D eigenvalue weighted by Crippen LogP contribution is -2.53. The van der Waals surface area contributed by atoms with Gasteiger partial charge in [0.05, 0.1) is 12.1 Å². The van der Waals surface area contributed by atoms with Gasteiger partial charge >= 0.3 is 18.3 Å². The fourth-order valence-electron chi connectivity index (χ4n) is 3.94. The van der Waals surface area contributed by atoms with Crippen molar-refractivity contribution in [3.8, 4) is 11.5 Å². The van der Waals surface area contributed by atoms with Crippen LogP contribution < -0.4 is 0 Å². The third kappa shape index (κ3) is 4.11. The first-order valence-corrected chi connectivity index (χ1v) is 10.4. The van der Waals surface area contributed by atoms with Gasteiger partial charge in [-0.25, -0.2) is 9.78 Å². The SMILES string of the molecule is Cc1oc(-c2ccc(C(=O)O)cc2)nc1Cn1c(C)cc2cc(C(O)(C(F)(F)F)C(F)(F)F)ccc21. The standard InChI is InChI=1S/C24H18F6N2O4/c1-12-9-16-10-17(22(35,23(25,26)27)24(28,29)30)7-8-19(16)32(12)11-18-13(2)36-20(31-18)14-3-5-15(6-4-14)21(33)34/h3-10,35H,11H2,1-2H3,(H,33,34). The summed E-state index contributed by atoms with van der Waals surface area (Å²) in [7, 11) is 0. The number of nitrogens with zero attached hydrogens (tertiary/aromatic N) is 2. The van der Waals surface area contributed by atoms with Gasteiger partial charge in [0.25, 0.3) is 5.60 Å². The van der Waals surface area contributed by atoms with Gasteiger partial charge in [0.2, 0.25) is 5.89 Å². The number of aromatic nitrogens is 2. The van der Waals surface area contributed by atoms with E-state index in [1.165, 1.54) is 30.3 Å². The van der Waals surface area contributed by atoms with Crippen molar-refractivity contribution < 1.29 is 45.8 Å². The Morgan fingerprint density at radius 2 is 1.58 bits per heavy atom. The molecule has 36 heavy (non-hydrogen) atoms. The predicted molar refractivity (Wildman–Crippen MR) is 115 cm³/mol. The molecule has 2 N–H and O–H groups in total. The van der Waals surface area contributed by atoms with Crippen LogP contribution in [0.2, 0.25) is 0 Å². The van der Waals surface area contributed by atoms with Gasteiger partial charge in [0.1, 0.15) is 11.5 Å². The van der Waals surface area contributed by atoms with E-state index in [1.54, 1.807) is 18.4 Å². The van der Waals surface area contributed by atoms with Crippen LogP contribution in [0, 0.1) is 13.8 Å². The fraction of sp³-hybridized carbons (Fsp3) is 0.250. The molecule has 0 fully saturated rings. The summed E-state index contributed by atoms with van der Waals surface area (Å²) in [5, 5.41) is 18.8. The normalized spacial score (nSPS) is 12.9. The zero-order valence-electron chi connectivity index (χ0n) is 18.7. The Balaban J connectivity index is 1.71. The van der Waals surface area contributed by atoms with E-state index in [0.717, 1.165) is 6.07 Å². The molecule has 0 saturated carbocycles. The summed E-state index contributed by atoms with van der Waals surface area (Å²) < 4.78 is 87.0. The van der Waals surface area contributed by atoms with E-state index >= 15 is 0 Å². The Labute approximate surface area is 199 Å². The Bertz CT molecular complexity index is 1430. The van der Waals surface area contributed by atoms with Crippen LogP contribution in [0.3, 0.4) is 0 Å². The average Bonchev–Trinajstić information content (AvgIpc) is 3.30. The molecule has 0 atom stereocenters.